The normalized spacial score (nSPS) is 21.7. The lowest BCUT2D eigenvalue weighted by Crippen LogP contribution is -2.44. The summed E-state index contributed by atoms with van der Waals surface area (Å²) in [5, 5.41) is 0. The van der Waals surface area contributed by atoms with Crippen molar-refractivity contribution in [3.63, 3.8) is 0 Å². The molecule has 1 saturated heterocycles. The maximum atomic E-state index is 11.4. The number of hydrogen-bond donors (Lipinski definition) is 1. The van der Waals surface area contributed by atoms with Crippen molar-refractivity contribution in [3.8, 4) is 0 Å². The first-order chi connectivity index (χ1) is 8.52. The molecule has 4 nitrogen and oxygen atoms in total. The number of halogens is 1. The van der Waals surface area contributed by atoms with Gasteiger partial charge in [0.2, 0.25) is 0 Å². The molecule has 2 rings (SSSR count). The molecule has 100 valence electrons. The van der Waals surface area contributed by atoms with Gasteiger partial charge in [-0.25, -0.2) is 8.42 Å². The van der Waals surface area contributed by atoms with Crippen molar-refractivity contribution >= 4 is 25.8 Å². The Morgan fingerprint density at radius 3 is 2.28 bits per heavy atom. The van der Waals surface area contributed by atoms with Crippen LogP contribution in [0.25, 0.3) is 0 Å². The van der Waals surface area contributed by atoms with Crippen molar-refractivity contribution in [2.24, 2.45) is 5.73 Å². The highest BCUT2D eigenvalue weighted by Crippen LogP contribution is 2.23. The number of nitrogens with two attached hydrogens (primary N) is 1. The van der Waals surface area contributed by atoms with Gasteiger partial charge in [0, 0.05) is 30.1 Å². The molecule has 0 aliphatic carbocycles. The third-order valence-electron chi connectivity index (χ3n) is 3.30. The van der Waals surface area contributed by atoms with E-state index in [2.05, 4.69) is 20.8 Å². The van der Waals surface area contributed by atoms with Gasteiger partial charge in [-0.15, -0.1) is 0 Å². The van der Waals surface area contributed by atoms with E-state index in [4.69, 9.17) is 5.73 Å². The molecule has 18 heavy (non-hydrogen) atoms. The van der Waals surface area contributed by atoms with Gasteiger partial charge < -0.3 is 5.73 Å². The number of rotatable bonds is 3. The van der Waals surface area contributed by atoms with Crippen LogP contribution >= 0.6 is 15.9 Å². The summed E-state index contributed by atoms with van der Waals surface area (Å²) < 4.78 is 23.9. The Balaban J connectivity index is 2.12. The minimum atomic E-state index is -2.84. The van der Waals surface area contributed by atoms with Crippen molar-refractivity contribution in [2.75, 3.05) is 31.1 Å². The fraction of sp³-hybridized carbons (Fsp3) is 0.500. The van der Waals surface area contributed by atoms with Gasteiger partial charge >= 0.3 is 0 Å². The van der Waals surface area contributed by atoms with Crippen LogP contribution in [0.15, 0.2) is 28.7 Å². The summed E-state index contributed by atoms with van der Waals surface area (Å²) in [5.74, 6) is 0.472. The van der Waals surface area contributed by atoms with Crippen molar-refractivity contribution in [3.05, 3.63) is 34.3 Å². The second-order valence-corrected chi connectivity index (χ2v) is 7.71. The first kappa shape index (κ1) is 14.0. The molecule has 1 aliphatic heterocycles. The summed E-state index contributed by atoms with van der Waals surface area (Å²) in [5.41, 5.74) is 6.98. The standard InChI is InChI=1S/C12H17BrN2O2S/c13-11-3-1-10(2-4-11)12(9-14)15-5-7-18(16,17)8-6-15/h1-4,12H,5-9,14H2. The lowest BCUT2D eigenvalue weighted by Gasteiger charge is -2.34. The highest BCUT2D eigenvalue weighted by molar-refractivity contribution is 9.10. The summed E-state index contributed by atoms with van der Waals surface area (Å²) in [6, 6.07) is 8.14. The maximum absolute atomic E-state index is 11.4. The van der Waals surface area contributed by atoms with E-state index in [1.165, 1.54) is 0 Å². The predicted molar refractivity (Wildman–Crippen MR) is 76.2 cm³/mol. The molecule has 1 fully saturated rings. The third-order valence-corrected chi connectivity index (χ3v) is 5.44. The van der Waals surface area contributed by atoms with Crippen LogP contribution in [-0.4, -0.2) is 44.5 Å². The lowest BCUT2D eigenvalue weighted by molar-refractivity contribution is 0.219. The van der Waals surface area contributed by atoms with E-state index in [1.54, 1.807) is 0 Å². The molecule has 2 N–H and O–H groups in total. The largest absolute Gasteiger partial charge is 0.329 e. The fourth-order valence-electron chi connectivity index (χ4n) is 2.22. The highest BCUT2D eigenvalue weighted by Gasteiger charge is 2.27. The SMILES string of the molecule is NCC(c1ccc(Br)cc1)N1CCS(=O)(=O)CC1. The monoisotopic (exact) mass is 332 g/mol. The Morgan fingerprint density at radius 2 is 1.78 bits per heavy atom. The van der Waals surface area contributed by atoms with E-state index in [0.717, 1.165) is 10.0 Å². The van der Waals surface area contributed by atoms with E-state index >= 15 is 0 Å². The zero-order valence-electron chi connectivity index (χ0n) is 10.0. The molecule has 6 heteroatoms. The Labute approximate surface area is 116 Å². The Kier molecular flexibility index (Phi) is 4.42. The average molecular weight is 333 g/mol. The molecule has 1 heterocycles. The zero-order valence-corrected chi connectivity index (χ0v) is 12.5. The quantitative estimate of drug-likeness (QED) is 0.902. The van der Waals surface area contributed by atoms with Gasteiger partial charge in [-0.3, -0.25) is 4.90 Å². The summed E-state index contributed by atoms with van der Waals surface area (Å²) in [7, 11) is -2.84. The number of sulfone groups is 1. The van der Waals surface area contributed by atoms with E-state index in [0.29, 0.717) is 19.6 Å². The van der Waals surface area contributed by atoms with Crippen LogP contribution in [-0.2, 0) is 9.84 Å². The minimum absolute atomic E-state index is 0.105. The average Bonchev–Trinajstić information content (AvgIpc) is 2.34. The van der Waals surface area contributed by atoms with Crippen LogP contribution in [0.5, 0.6) is 0 Å². The second-order valence-electron chi connectivity index (χ2n) is 4.49. The van der Waals surface area contributed by atoms with Gasteiger partial charge in [0.05, 0.1) is 11.5 Å². The predicted octanol–water partition coefficient (Wildman–Crippen LogP) is 1.18. The van der Waals surface area contributed by atoms with Crippen LogP contribution in [0.4, 0.5) is 0 Å². The van der Waals surface area contributed by atoms with Crippen molar-refractivity contribution in [1.29, 1.82) is 0 Å². The summed E-state index contributed by atoms with van der Waals surface area (Å²) in [4.78, 5) is 2.16. The molecular weight excluding hydrogens is 316 g/mol. The lowest BCUT2D eigenvalue weighted by atomic mass is 10.1. The van der Waals surface area contributed by atoms with Gasteiger partial charge in [-0.05, 0) is 17.7 Å². The van der Waals surface area contributed by atoms with Gasteiger partial charge in [0.1, 0.15) is 0 Å². The first-order valence-corrected chi connectivity index (χ1v) is 8.53. The van der Waals surface area contributed by atoms with E-state index in [9.17, 15) is 8.42 Å². The molecular formula is C12H17BrN2O2S. The number of nitrogens with zero attached hydrogens (tertiary/aromatic N) is 1. The Hall–Kier alpha value is -0.430. The van der Waals surface area contributed by atoms with Crippen molar-refractivity contribution < 1.29 is 8.42 Å². The van der Waals surface area contributed by atoms with Crippen LogP contribution < -0.4 is 5.73 Å². The van der Waals surface area contributed by atoms with Crippen LogP contribution in [0, 0.1) is 0 Å². The van der Waals surface area contributed by atoms with E-state index in [1.807, 2.05) is 24.3 Å². The third kappa shape index (κ3) is 3.32. The van der Waals surface area contributed by atoms with Gasteiger partial charge in [-0.2, -0.15) is 0 Å². The molecule has 0 radical (unpaired) electrons. The summed E-state index contributed by atoms with van der Waals surface area (Å²) in [6.45, 7) is 1.64. The molecule has 0 amide bonds. The minimum Gasteiger partial charge on any atom is -0.329 e. The number of hydrogen-bond acceptors (Lipinski definition) is 4. The van der Waals surface area contributed by atoms with Gasteiger partial charge in [0.25, 0.3) is 0 Å². The van der Waals surface area contributed by atoms with Crippen molar-refractivity contribution in [1.82, 2.24) is 4.90 Å². The molecule has 1 atom stereocenters. The van der Waals surface area contributed by atoms with Crippen LogP contribution in [0.2, 0.25) is 0 Å². The maximum Gasteiger partial charge on any atom is 0.152 e. The molecule has 1 unspecified atom stereocenters. The van der Waals surface area contributed by atoms with Gasteiger partial charge in [-0.1, -0.05) is 28.1 Å². The summed E-state index contributed by atoms with van der Waals surface area (Å²) in [6.07, 6.45) is 0. The molecule has 0 bridgehead atoms. The fourth-order valence-corrected chi connectivity index (χ4v) is 3.71. The van der Waals surface area contributed by atoms with Crippen LogP contribution in [0.3, 0.4) is 0 Å². The number of benzene rings is 1. The molecule has 1 aromatic rings. The molecule has 1 aromatic carbocycles. The zero-order chi connectivity index (χ0) is 13.2. The highest BCUT2D eigenvalue weighted by atomic mass is 79.9. The smallest absolute Gasteiger partial charge is 0.152 e. The van der Waals surface area contributed by atoms with Crippen molar-refractivity contribution in [2.45, 2.75) is 6.04 Å². The van der Waals surface area contributed by atoms with Gasteiger partial charge in [0.15, 0.2) is 9.84 Å². The molecule has 1 aliphatic rings. The second kappa shape index (κ2) is 5.69. The Morgan fingerprint density at radius 1 is 1.22 bits per heavy atom. The summed E-state index contributed by atoms with van der Waals surface area (Å²) >= 11 is 3.40. The van der Waals surface area contributed by atoms with E-state index < -0.39 is 9.84 Å². The molecule has 0 spiro atoms. The Bertz CT molecular complexity index is 487. The first-order valence-electron chi connectivity index (χ1n) is 5.92. The van der Waals surface area contributed by atoms with E-state index in [-0.39, 0.29) is 17.5 Å². The molecule has 0 aromatic heterocycles. The molecule has 0 saturated carbocycles. The van der Waals surface area contributed by atoms with Crippen LogP contribution in [0.1, 0.15) is 11.6 Å². The topological polar surface area (TPSA) is 63.4 Å².